The summed E-state index contributed by atoms with van der Waals surface area (Å²) in [5.74, 6) is 0.790. The molecule has 1 N–H and O–H groups in total. The number of hydrogen-bond acceptors (Lipinski definition) is 5. The number of aromatic nitrogens is 2. The Kier molecular flexibility index (Phi) is 5.27. The van der Waals surface area contributed by atoms with E-state index in [-0.39, 0.29) is 11.5 Å². The largest absolute Gasteiger partial charge is 0.480 e. The van der Waals surface area contributed by atoms with Crippen LogP contribution in [0.15, 0.2) is 12.5 Å². The van der Waals surface area contributed by atoms with Gasteiger partial charge in [0.25, 0.3) is 0 Å². The quantitative estimate of drug-likeness (QED) is 0.884. The first-order chi connectivity index (χ1) is 12.0. The van der Waals surface area contributed by atoms with Gasteiger partial charge in [-0.2, -0.15) is 0 Å². The molecule has 6 heteroatoms. The van der Waals surface area contributed by atoms with Crippen LogP contribution in [0.4, 0.5) is 5.82 Å². The second kappa shape index (κ2) is 7.28. The summed E-state index contributed by atoms with van der Waals surface area (Å²) in [6, 6.07) is -0.309. The highest BCUT2D eigenvalue weighted by Gasteiger charge is 2.47. The number of likely N-dealkylation sites (tertiary alicyclic amines) is 1. The SMILES string of the molecule is CCCN1CC2(CCN(c3ncncc3C(C)C)CC2)C[C@H]1C(=O)O. The highest BCUT2D eigenvalue weighted by atomic mass is 16.4. The molecule has 138 valence electrons. The topological polar surface area (TPSA) is 69.6 Å². The van der Waals surface area contributed by atoms with E-state index in [1.807, 2.05) is 6.20 Å². The number of aliphatic carboxylic acids is 1. The van der Waals surface area contributed by atoms with E-state index in [9.17, 15) is 9.90 Å². The third-order valence-electron chi connectivity index (χ3n) is 5.87. The first-order valence-electron chi connectivity index (χ1n) is 9.47. The Labute approximate surface area is 150 Å². The lowest BCUT2D eigenvalue weighted by molar-refractivity contribution is -0.142. The van der Waals surface area contributed by atoms with Gasteiger partial charge in [-0.15, -0.1) is 0 Å². The van der Waals surface area contributed by atoms with Gasteiger partial charge >= 0.3 is 5.97 Å². The van der Waals surface area contributed by atoms with Gasteiger partial charge in [-0.1, -0.05) is 20.8 Å². The predicted octanol–water partition coefficient (Wildman–Crippen LogP) is 2.76. The van der Waals surface area contributed by atoms with Gasteiger partial charge in [0, 0.05) is 31.4 Å². The maximum absolute atomic E-state index is 11.6. The van der Waals surface area contributed by atoms with Crippen molar-refractivity contribution in [3.05, 3.63) is 18.1 Å². The Morgan fingerprint density at radius 3 is 2.72 bits per heavy atom. The summed E-state index contributed by atoms with van der Waals surface area (Å²) in [5.41, 5.74) is 1.35. The van der Waals surface area contributed by atoms with Crippen LogP contribution in [0, 0.1) is 5.41 Å². The average molecular weight is 346 g/mol. The third-order valence-corrected chi connectivity index (χ3v) is 5.87. The Balaban J connectivity index is 1.71. The van der Waals surface area contributed by atoms with Gasteiger partial charge in [0.1, 0.15) is 18.2 Å². The summed E-state index contributed by atoms with van der Waals surface area (Å²) in [5, 5.41) is 9.58. The van der Waals surface area contributed by atoms with E-state index < -0.39 is 5.97 Å². The predicted molar refractivity (Wildman–Crippen MR) is 97.9 cm³/mol. The van der Waals surface area contributed by atoms with Crippen molar-refractivity contribution < 1.29 is 9.90 Å². The van der Waals surface area contributed by atoms with Gasteiger partial charge in [0.15, 0.2) is 0 Å². The molecule has 1 aromatic rings. The first-order valence-corrected chi connectivity index (χ1v) is 9.47. The van der Waals surface area contributed by atoms with Crippen LogP contribution in [-0.2, 0) is 4.79 Å². The minimum absolute atomic E-state index is 0.153. The number of hydrogen-bond donors (Lipinski definition) is 1. The third kappa shape index (κ3) is 3.64. The summed E-state index contributed by atoms with van der Waals surface area (Å²) < 4.78 is 0. The Bertz CT molecular complexity index is 611. The molecule has 3 rings (SSSR count). The van der Waals surface area contributed by atoms with Gasteiger partial charge in [-0.05, 0) is 43.6 Å². The van der Waals surface area contributed by atoms with Crippen molar-refractivity contribution in [3.8, 4) is 0 Å². The smallest absolute Gasteiger partial charge is 0.320 e. The van der Waals surface area contributed by atoms with E-state index in [1.165, 1.54) is 5.56 Å². The molecule has 0 unspecified atom stereocenters. The lowest BCUT2D eigenvalue weighted by Crippen LogP contribution is -2.42. The van der Waals surface area contributed by atoms with E-state index in [0.717, 1.165) is 57.7 Å². The maximum Gasteiger partial charge on any atom is 0.320 e. The van der Waals surface area contributed by atoms with Crippen LogP contribution in [0.25, 0.3) is 0 Å². The molecule has 0 radical (unpaired) electrons. The van der Waals surface area contributed by atoms with Crippen molar-refractivity contribution in [2.75, 3.05) is 31.1 Å². The monoisotopic (exact) mass is 346 g/mol. The zero-order valence-corrected chi connectivity index (χ0v) is 15.6. The van der Waals surface area contributed by atoms with Crippen LogP contribution < -0.4 is 4.90 Å². The Hall–Kier alpha value is -1.69. The zero-order valence-electron chi connectivity index (χ0n) is 15.6. The summed E-state index contributed by atoms with van der Waals surface area (Å²) in [7, 11) is 0. The van der Waals surface area contributed by atoms with Crippen LogP contribution in [0.1, 0.15) is 57.9 Å². The lowest BCUT2D eigenvalue weighted by Gasteiger charge is -2.40. The number of carboxylic acids is 1. The van der Waals surface area contributed by atoms with Crippen LogP contribution in [-0.4, -0.2) is 58.2 Å². The summed E-state index contributed by atoms with van der Waals surface area (Å²) >= 11 is 0. The van der Waals surface area contributed by atoms with Gasteiger partial charge in [0.05, 0.1) is 0 Å². The number of rotatable bonds is 5. The maximum atomic E-state index is 11.6. The van der Waals surface area contributed by atoms with E-state index in [2.05, 4.69) is 40.5 Å². The van der Waals surface area contributed by atoms with Gasteiger partial charge in [0.2, 0.25) is 0 Å². The minimum Gasteiger partial charge on any atom is -0.480 e. The fourth-order valence-electron chi connectivity index (χ4n) is 4.47. The fourth-order valence-corrected chi connectivity index (χ4v) is 4.47. The van der Waals surface area contributed by atoms with Crippen molar-refractivity contribution >= 4 is 11.8 Å². The molecule has 25 heavy (non-hydrogen) atoms. The zero-order chi connectivity index (χ0) is 18.0. The summed E-state index contributed by atoms with van der Waals surface area (Å²) in [6.45, 7) is 10.2. The number of nitrogens with zero attached hydrogens (tertiary/aromatic N) is 4. The van der Waals surface area contributed by atoms with E-state index in [1.54, 1.807) is 6.33 Å². The minimum atomic E-state index is -0.661. The molecule has 1 aromatic heterocycles. The summed E-state index contributed by atoms with van der Waals surface area (Å²) in [6.07, 6.45) is 7.43. The van der Waals surface area contributed by atoms with Crippen LogP contribution in [0.3, 0.4) is 0 Å². The highest BCUT2D eigenvalue weighted by molar-refractivity contribution is 5.74. The normalized spacial score (nSPS) is 23.5. The second-order valence-corrected chi connectivity index (χ2v) is 7.97. The van der Waals surface area contributed by atoms with Crippen molar-refractivity contribution in [1.29, 1.82) is 0 Å². The number of piperidine rings is 1. The molecule has 2 saturated heterocycles. The summed E-state index contributed by atoms with van der Waals surface area (Å²) in [4.78, 5) is 24.9. The molecule has 2 aliphatic rings. The number of anilines is 1. The van der Waals surface area contributed by atoms with Crippen LogP contribution in [0.5, 0.6) is 0 Å². The Morgan fingerprint density at radius 1 is 1.40 bits per heavy atom. The molecule has 0 bridgehead atoms. The average Bonchev–Trinajstić information content (AvgIpc) is 2.94. The van der Waals surface area contributed by atoms with Gasteiger partial charge < -0.3 is 10.0 Å². The molecule has 0 amide bonds. The molecule has 2 aliphatic heterocycles. The van der Waals surface area contributed by atoms with E-state index >= 15 is 0 Å². The molecule has 0 saturated carbocycles. The standard InChI is InChI=1S/C19H30N4O2/c1-4-7-23-12-19(10-16(23)18(24)25)5-8-22(9-6-19)17-15(14(2)3)11-20-13-21-17/h11,13-14,16H,4-10,12H2,1-3H3,(H,24,25)/t16-/m0/s1. The van der Waals surface area contributed by atoms with Gasteiger partial charge in [-0.25, -0.2) is 9.97 Å². The number of carboxylic acid groups (broad SMARTS) is 1. The van der Waals surface area contributed by atoms with E-state index in [0.29, 0.717) is 5.92 Å². The molecular formula is C19H30N4O2. The second-order valence-electron chi connectivity index (χ2n) is 7.97. The van der Waals surface area contributed by atoms with Gasteiger partial charge in [-0.3, -0.25) is 9.69 Å². The molecule has 2 fully saturated rings. The molecule has 1 spiro atoms. The van der Waals surface area contributed by atoms with Crippen molar-refractivity contribution in [3.63, 3.8) is 0 Å². The molecule has 3 heterocycles. The fraction of sp³-hybridized carbons (Fsp3) is 0.737. The van der Waals surface area contributed by atoms with Crippen molar-refractivity contribution in [2.24, 2.45) is 5.41 Å². The van der Waals surface area contributed by atoms with Crippen LogP contribution >= 0.6 is 0 Å². The molecule has 6 nitrogen and oxygen atoms in total. The first kappa shape index (κ1) is 18.1. The lowest BCUT2D eigenvalue weighted by atomic mass is 9.76. The molecule has 0 aliphatic carbocycles. The van der Waals surface area contributed by atoms with Crippen LogP contribution in [0.2, 0.25) is 0 Å². The molecule has 0 aromatic carbocycles. The number of carbonyl (C=O) groups is 1. The van der Waals surface area contributed by atoms with Crippen molar-refractivity contribution in [1.82, 2.24) is 14.9 Å². The highest BCUT2D eigenvalue weighted by Crippen LogP contribution is 2.44. The van der Waals surface area contributed by atoms with Crippen molar-refractivity contribution in [2.45, 2.75) is 58.4 Å². The molecule has 1 atom stereocenters. The Morgan fingerprint density at radius 2 is 2.12 bits per heavy atom. The van der Waals surface area contributed by atoms with E-state index in [4.69, 9.17) is 0 Å². The molecular weight excluding hydrogens is 316 g/mol.